The van der Waals surface area contributed by atoms with E-state index in [0.29, 0.717) is 16.2 Å². The molecule has 1 unspecified atom stereocenters. The van der Waals surface area contributed by atoms with Crippen molar-refractivity contribution in [2.24, 2.45) is 0 Å². The third kappa shape index (κ3) is 4.13. The molecule has 4 rings (SSSR count). The van der Waals surface area contributed by atoms with E-state index in [-0.39, 0.29) is 11.5 Å². The number of rotatable bonds is 6. The van der Waals surface area contributed by atoms with Crippen LogP contribution in [0.5, 0.6) is 0 Å². The molecule has 0 radical (unpaired) electrons. The molecular weight excluding hydrogens is 398 g/mol. The molecule has 2 N–H and O–H groups in total. The number of carbonyl (C=O) groups is 1. The molecule has 1 amide bonds. The molecule has 152 valence electrons. The van der Waals surface area contributed by atoms with Crippen LogP contribution in [0.25, 0.3) is 16.7 Å². The van der Waals surface area contributed by atoms with E-state index >= 15 is 0 Å². The molecule has 0 aliphatic carbocycles. The van der Waals surface area contributed by atoms with Crippen LogP contribution < -0.4 is 10.9 Å². The number of aryl methyl sites for hydroxylation is 1. The number of carbonyl (C=O) groups excluding carboxylic acids is 1. The van der Waals surface area contributed by atoms with Crippen molar-refractivity contribution in [1.29, 1.82) is 0 Å². The number of thioether (sulfide) groups is 1. The van der Waals surface area contributed by atoms with Gasteiger partial charge in [0.1, 0.15) is 5.39 Å². The van der Waals surface area contributed by atoms with Crippen LogP contribution in [0.4, 0.5) is 5.69 Å². The van der Waals surface area contributed by atoms with Crippen molar-refractivity contribution in [3.63, 3.8) is 0 Å². The Labute approximate surface area is 177 Å². The Kier molecular flexibility index (Phi) is 5.67. The maximum atomic E-state index is 12.6. The summed E-state index contributed by atoms with van der Waals surface area (Å²) in [5.74, 6) is -0.163. The van der Waals surface area contributed by atoms with E-state index in [2.05, 4.69) is 27.3 Å². The average molecular weight is 420 g/mol. The SMILES string of the molecule is CCc1ccc(NC(=O)C(C)Sc2nc3c(cnn3-c3ccccc3)c(=O)[nH]2)cc1. The fourth-order valence-electron chi connectivity index (χ4n) is 3.00. The number of hydrogen-bond acceptors (Lipinski definition) is 5. The topological polar surface area (TPSA) is 92.7 Å². The first-order chi connectivity index (χ1) is 14.5. The molecule has 30 heavy (non-hydrogen) atoms. The summed E-state index contributed by atoms with van der Waals surface area (Å²) in [7, 11) is 0. The van der Waals surface area contributed by atoms with Gasteiger partial charge in [-0.25, -0.2) is 9.67 Å². The van der Waals surface area contributed by atoms with E-state index in [1.54, 1.807) is 11.6 Å². The number of amides is 1. The molecule has 4 aromatic rings. The lowest BCUT2D eigenvalue weighted by Crippen LogP contribution is -2.23. The molecule has 2 heterocycles. The predicted molar refractivity (Wildman–Crippen MR) is 119 cm³/mol. The van der Waals surface area contributed by atoms with Crippen LogP contribution in [0.1, 0.15) is 19.4 Å². The number of anilines is 1. The highest BCUT2D eigenvalue weighted by Gasteiger charge is 2.18. The first-order valence-electron chi connectivity index (χ1n) is 9.65. The number of nitrogens with zero attached hydrogens (tertiary/aromatic N) is 3. The number of aromatic amines is 1. The highest BCUT2D eigenvalue weighted by atomic mass is 32.2. The Morgan fingerprint density at radius 3 is 2.60 bits per heavy atom. The average Bonchev–Trinajstić information content (AvgIpc) is 3.19. The molecule has 7 nitrogen and oxygen atoms in total. The number of para-hydroxylation sites is 1. The normalized spacial score (nSPS) is 12.1. The second-order valence-electron chi connectivity index (χ2n) is 6.80. The maximum absolute atomic E-state index is 12.6. The molecule has 1 atom stereocenters. The van der Waals surface area contributed by atoms with Gasteiger partial charge in [-0.3, -0.25) is 9.59 Å². The van der Waals surface area contributed by atoms with Gasteiger partial charge < -0.3 is 10.3 Å². The Hall–Kier alpha value is -3.39. The summed E-state index contributed by atoms with van der Waals surface area (Å²) in [5, 5.41) is 7.51. The van der Waals surface area contributed by atoms with Gasteiger partial charge in [-0.15, -0.1) is 0 Å². The number of fused-ring (bicyclic) bond motifs is 1. The Balaban J connectivity index is 1.55. The monoisotopic (exact) mass is 419 g/mol. The number of hydrogen-bond donors (Lipinski definition) is 2. The Bertz CT molecular complexity index is 1230. The van der Waals surface area contributed by atoms with Crippen molar-refractivity contribution in [2.75, 3.05) is 5.32 Å². The minimum atomic E-state index is -0.454. The van der Waals surface area contributed by atoms with E-state index < -0.39 is 5.25 Å². The van der Waals surface area contributed by atoms with Gasteiger partial charge in [0.25, 0.3) is 5.56 Å². The summed E-state index contributed by atoms with van der Waals surface area (Å²) in [4.78, 5) is 32.4. The van der Waals surface area contributed by atoms with Crippen molar-refractivity contribution in [3.05, 3.63) is 76.7 Å². The quantitative estimate of drug-likeness (QED) is 0.366. The lowest BCUT2D eigenvalue weighted by atomic mass is 10.1. The fourth-order valence-corrected chi connectivity index (χ4v) is 3.79. The van der Waals surface area contributed by atoms with Gasteiger partial charge in [0.05, 0.1) is 17.1 Å². The molecule has 2 aromatic carbocycles. The second-order valence-corrected chi connectivity index (χ2v) is 8.13. The van der Waals surface area contributed by atoms with Crippen LogP contribution in [0.3, 0.4) is 0 Å². The Morgan fingerprint density at radius 2 is 1.90 bits per heavy atom. The van der Waals surface area contributed by atoms with E-state index in [0.717, 1.165) is 17.8 Å². The van der Waals surface area contributed by atoms with Crippen LogP contribution in [-0.2, 0) is 11.2 Å². The van der Waals surface area contributed by atoms with Gasteiger partial charge in [0.2, 0.25) is 5.91 Å². The van der Waals surface area contributed by atoms with Crippen LogP contribution in [-0.4, -0.2) is 30.9 Å². The second kappa shape index (κ2) is 8.54. The smallest absolute Gasteiger partial charge is 0.262 e. The molecule has 0 saturated carbocycles. The molecule has 0 aliphatic rings. The molecule has 0 bridgehead atoms. The molecule has 0 saturated heterocycles. The molecular formula is C22H21N5O2S. The predicted octanol–water partition coefficient (Wildman–Crippen LogP) is 3.79. The van der Waals surface area contributed by atoms with E-state index in [1.807, 2.05) is 54.6 Å². The molecule has 0 fully saturated rings. The van der Waals surface area contributed by atoms with Gasteiger partial charge in [0, 0.05) is 5.69 Å². The summed E-state index contributed by atoms with van der Waals surface area (Å²) in [6, 6.07) is 17.2. The van der Waals surface area contributed by atoms with Crippen molar-refractivity contribution in [1.82, 2.24) is 19.7 Å². The van der Waals surface area contributed by atoms with E-state index in [9.17, 15) is 9.59 Å². The zero-order valence-corrected chi connectivity index (χ0v) is 17.4. The molecule has 8 heteroatoms. The van der Waals surface area contributed by atoms with Crippen molar-refractivity contribution >= 4 is 34.4 Å². The summed E-state index contributed by atoms with van der Waals surface area (Å²) >= 11 is 1.20. The largest absolute Gasteiger partial charge is 0.325 e. The van der Waals surface area contributed by atoms with Crippen molar-refractivity contribution < 1.29 is 4.79 Å². The lowest BCUT2D eigenvalue weighted by molar-refractivity contribution is -0.115. The van der Waals surface area contributed by atoms with Crippen LogP contribution in [0, 0.1) is 0 Å². The summed E-state index contributed by atoms with van der Waals surface area (Å²) in [6.07, 6.45) is 2.44. The van der Waals surface area contributed by atoms with Gasteiger partial charge >= 0.3 is 0 Å². The van der Waals surface area contributed by atoms with Crippen LogP contribution in [0.15, 0.2) is 70.7 Å². The zero-order valence-electron chi connectivity index (χ0n) is 16.6. The molecule has 0 aliphatic heterocycles. The van der Waals surface area contributed by atoms with Gasteiger partial charge in [-0.2, -0.15) is 5.10 Å². The lowest BCUT2D eigenvalue weighted by Gasteiger charge is -2.12. The minimum absolute atomic E-state index is 0.163. The number of benzene rings is 2. The summed E-state index contributed by atoms with van der Waals surface area (Å²) < 4.78 is 1.62. The first-order valence-corrected chi connectivity index (χ1v) is 10.5. The standard InChI is InChI=1S/C22H21N5O2S/c1-3-15-9-11-16(12-10-15)24-20(28)14(2)30-22-25-19-18(21(29)26-22)13-23-27(19)17-7-5-4-6-8-17/h4-14H,3H2,1-2H3,(H,24,28)(H,25,26,29). The first kappa shape index (κ1) is 19.9. The summed E-state index contributed by atoms with van der Waals surface area (Å²) in [5.41, 5.74) is 2.93. The number of H-pyrrole nitrogens is 1. The van der Waals surface area contributed by atoms with Gasteiger partial charge in [-0.05, 0) is 43.2 Å². The minimum Gasteiger partial charge on any atom is -0.325 e. The number of nitrogens with one attached hydrogen (secondary N) is 2. The molecule has 2 aromatic heterocycles. The fraction of sp³-hybridized carbons (Fsp3) is 0.182. The number of aromatic nitrogens is 4. The van der Waals surface area contributed by atoms with Crippen molar-refractivity contribution in [2.45, 2.75) is 30.7 Å². The highest BCUT2D eigenvalue weighted by molar-refractivity contribution is 8.00. The van der Waals surface area contributed by atoms with Crippen LogP contribution >= 0.6 is 11.8 Å². The molecule has 0 spiro atoms. The third-order valence-corrected chi connectivity index (χ3v) is 5.69. The van der Waals surface area contributed by atoms with Crippen molar-refractivity contribution in [3.8, 4) is 5.69 Å². The van der Waals surface area contributed by atoms with E-state index in [1.165, 1.54) is 23.5 Å². The summed E-state index contributed by atoms with van der Waals surface area (Å²) in [6.45, 7) is 3.86. The van der Waals surface area contributed by atoms with E-state index in [4.69, 9.17) is 0 Å². The zero-order chi connectivity index (χ0) is 21.1. The van der Waals surface area contributed by atoms with Gasteiger partial charge in [0.15, 0.2) is 10.8 Å². The Morgan fingerprint density at radius 1 is 1.17 bits per heavy atom. The van der Waals surface area contributed by atoms with Crippen LogP contribution in [0.2, 0.25) is 0 Å². The maximum Gasteiger partial charge on any atom is 0.262 e. The van der Waals surface area contributed by atoms with Gasteiger partial charge in [-0.1, -0.05) is 49.0 Å². The third-order valence-electron chi connectivity index (χ3n) is 4.70. The highest BCUT2D eigenvalue weighted by Crippen LogP contribution is 2.22.